The van der Waals surface area contributed by atoms with E-state index in [1.807, 2.05) is 0 Å². The van der Waals surface area contributed by atoms with Gasteiger partial charge in [0.1, 0.15) is 25.2 Å². The zero-order chi connectivity index (χ0) is 20.2. The first-order chi connectivity index (χ1) is 12.9. The molecule has 0 radical (unpaired) electrons. The second-order valence-corrected chi connectivity index (χ2v) is 7.01. The Balaban J connectivity index is 2.32. The number of carbonyl (C=O) groups is 6. The number of imide groups is 1. The van der Waals surface area contributed by atoms with Gasteiger partial charge >= 0.3 is 0 Å². The average molecular weight is 401 g/mol. The normalized spacial score (nSPS) is 17.5. The molecule has 10 nitrogen and oxygen atoms in total. The highest BCUT2D eigenvalue weighted by Gasteiger charge is 2.38. The number of methoxy groups -OCH3 is 1. The van der Waals surface area contributed by atoms with Gasteiger partial charge in [0, 0.05) is 45.2 Å². The summed E-state index contributed by atoms with van der Waals surface area (Å²) in [5, 5.41) is 4.35. The van der Waals surface area contributed by atoms with Crippen LogP contribution in [-0.4, -0.2) is 85.0 Å². The Morgan fingerprint density at radius 3 is 2.70 bits per heavy atom. The molecule has 0 aliphatic carbocycles. The summed E-state index contributed by atoms with van der Waals surface area (Å²) in [6, 6.07) is -0.864. The van der Waals surface area contributed by atoms with Crippen LogP contribution in [0.5, 0.6) is 0 Å². The molecule has 2 atom stereocenters. The molecule has 1 fully saturated rings. The number of nitrogens with zero attached hydrogens (tertiary/aromatic N) is 1. The van der Waals surface area contributed by atoms with Crippen molar-refractivity contribution in [2.75, 3.05) is 32.6 Å². The van der Waals surface area contributed by atoms with E-state index in [9.17, 15) is 28.8 Å². The van der Waals surface area contributed by atoms with Crippen LogP contribution < -0.4 is 10.6 Å². The molecule has 27 heavy (non-hydrogen) atoms. The maximum Gasteiger partial charge on any atom is 0.246 e. The molecule has 0 bridgehead atoms. The van der Waals surface area contributed by atoms with E-state index < -0.39 is 23.1 Å². The van der Waals surface area contributed by atoms with Crippen LogP contribution in [0.4, 0.5) is 0 Å². The Hall–Kier alpha value is -2.27. The van der Waals surface area contributed by atoms with Crippen LogP contribution in [-0.2, 0) is 33.5 Å². The largest absolute Gasteiger partial charge is 0.375 e. The van der Waals surface area contributed by atoms with E-state index in [4.69, 9.17) is 0 Å². The second-order valence-electron chi connectivity index (χ2n) is 5.70. The van der Waals surface area contributed by atoms with Crippen LogP contribution in [0.1, 0.15) is 19.3 Å². The van der Waals surface area contributed by atoms with Crippen molar-refractivity contribution in [2.45, 2.75) is 30.6 Å². The molecule has 0 aromatic carbocycles. The van der Waals surface area contributed by atoms with Gasteiger partial charge in [-0.25, -0.2) is 0 Å². The third kappa shape index (κ3) is 7.87. The molecular weight excluding hydrogens is 378 g/mol. The number of hydrogen-bond acceptors (Lipinski definition) is 8. The Kier molecular flexibility index (Phi) is 10.3. The summed E-state index contributed by atoms with van der Waals surface area (Å²) in [6.45, 7) is -0.117. The lowest BCUT2D eigenvalue weighted by molar-refractivity contribution is -0.138. The number of likely N-dealkylation sites (tertiary alicyclic amines) is 1. The van der Waals surface area contributed by atoms with E-state index in [-0.39, 0.29) is 50.8 Å². The number of ether oxygens (including phenoxy) is 1. The van der Waals surface area contributed by atoms with E-state index in [2.05, 4.69) is 15.4 Å². The lowest BCUT2D eigenvalue weighted by atomic mass is 10.3. The molecular formula is C16H23N3O7S. The molecule has 1 heterocycles. The summed E-state index contributed by atoms with van der Waals surface area (Å²) in [5.41, 5.74) is 0. The number of hydrogen-bond donors (Lipinski definition) is 2. The van der Waals surface area contributed by atoms with Gasteiger partial charge in [-0.05, 0) is 0 Å². The highest BCUT2D eigenvalue weighted by Crippen LogP contribution is 2.25. The fourth-order valence-electron chi connectivity index (χ4n) is 2.31. The minimum Gasteiger partial charge on any atom is -0.375 e. The van der Waals surface area contributed by atoms with Gasteiger partial charge in [-0.2, -0.15) is 0 Å². The van der Waals surface area contributed by atoms with Crippen LogP contribution in [0.2, 0.25) is 0 Å². The molecule has 1 aliphatic rings. The van der Waals surface area contributed by atoms with Crippen LogP contribution in [0, 0.1) is 0 Å². The number of thioether (sulfide) groups is 1. The number of amides is 4. The van der Waals surface area contributed by atoms with Gasteiger partial charge in [-0.1, -0.05) is 0 Å². The molecule has 2 N–H and O–H groups in total. The zero-order valence-electron chi connectivity index (χ0n) is 15.0. The van der Waals surface area contributed by atoms with Gasteiger partial charge in [-0.15, -0.1) is 11.8 Å². The second kappa shape index (κ2) is 12.2. The van der Waals surface area contributed by atoms with Gasteiger partial charge in [0.15, 0.2) is 0 Å². The fraction of sp³-hybridized carbons (Fsp3) is 0.625. The molecule has 0 aromatic rings. The quantitative estimate of drug-likeness (QED) is 0.274. The maximum atomic E-state index is 12.1. The van der Waals surface area contributed by atoms with Crippen molar-refractivity contribution in [3.63, 3.8) is 0 Å². The SMILES string of the molecule is COCC(=O)NC[C@H](C=O)NC(=O)CCSC1CC(=O)N(CCC=O)C1=O. The molecule has 1 saturated heterocycles. The van der Waals surface area contributed by atoms with E-state index in [1.54, 1.807) is 0 Å². The molecule has 0 spiro atoms. The molecule has 1 unspecified atom stereocenters. The summed E-state index contributed by atoms with van der Waals surface area (Å²) in [5.74, 6) is -1.19. The Morgan fingerprint density at radius 1 is 1.33 bits per heavy atom. The average Bonchev–Trinajstić information content (AvgIpc) is 2.90. The van der Waals surface area contributed by atoms with Crippen molar-refractivity contribution in [3.05, 3.63) is 0 Å². The first kappa shape index (κ1) is 22.8. The molecule has 150 valence electrons. The van der Waals surface area contributed by atoms with Gasteiger partial charge < -0.3 is 25.0 Å². The highest BCUT2D eigenvalue weighted by molar-refractivity contribution is 8.00. The van der Waals surface area contributed by atoms with Crippen LogP contribution in [0.25, 0.3) is 0 Å². The minimum absolute atomic E-state index is 0.0481. The van der Waals surface area contributed by atoms with Gasteiger partial charge in [0.05, 0.1) is 5.25 Å². The Labute approximate surface area is 160 Å². The third-order valence-electron chi connectivity index (χ3n) is 3.63. The van der Waals surface area contributed by atoms with E-state index in [0.717, 1.165) is 4.90 Å². The standard InChI is InChI=1S/C16H23N3O7S/c1-26-10-14(23)17-8-11(9-21)18-13(22)3-6-27-12-7-15(24)19(16(12)25)4-2-5-20/h5,9,11-12H,2-4,6-8,10H2,1H3,(H,17,23)(H,18,22)/t11-,12?/m1/s1. The van der Waals surface area contributed by atoms with Crippen LogP contribution in [0.3, 0.4) is 0 Å². The first-order valence-corrected chi connectivity index (χ1v) is 9.37. The summed E-state index contributed by atoms with van der Waals surface area (Å²) < 4.78 is 4.64. The predicted octanol–water partition coefficient (Wildman–Crippen LogP) is -1.73. The lowest BCUT2D eigenvalue weighted by Crippen LogP contribution is -2.45. The summed E-state index contributed by atoms with van der Waals surface area (Å²) in [7, 11) is 1.36. The fourth-order valence-corrected chi connectivity index (χ4v) is 3.43. The van der Waals surface area contributed by atoms with E-state index in [1.165, 1.54) is 18.9 Å². The first-order valence-electron chi connectivity index (χ1n) is 8.32. The summed E-state index contributed by atoms with van der Waals surface area (Å²) in [4.78, 5) is 69.4. The van der Waals surface area contributed by atoms with Crippen molar-refractivity contribution >= 4 is 48.0 Å². The number of nitrogens with one attached hydrogen (secondary N) is 2. The molecule has 0 aromatic heterocycles. The minimum atomic E-state index is -0.864. The van der Waals surface area contributed by atoms with Crippen LogP contribution in [0.15, 0.2) is 0 Å². The van der Waals surface area contributed by atoms with Gasteiger partial charge in [-0.3, -0.25) is 24.1 Å². The highest BCUT2D eigenvalue weighted by atomic mass is 32.2. The number of rotatable bonds is 13. The Bertz CT molecular complexity index is 584. The van der Waals surface area contributed by atoms with E-state index in [0.29, 0.717) is 18.3 Å². The van der Waals surface area contributed by atoms with Gasteiger partial charge in [0.25, 0.3) is 0 Å². The molecule has 4 amide bonds. The smallest absolute Gasteiger partial charge is 0.246 e. The van der Waals surface area contributed by atoms with Crippen molar-refractivity contribution in [1.82, 2.24) is 15.5 Å². The van der Waals surface area contributed by atoms with Gasteiger partial charge in [0.2, 0.25) is 23.6 Å². The molecule has 0 saturated carbocycles. The summed E-state index contributed by atoms with van der Waals surface area (Å²) >= 11 is 1.19. The summed E-state index contributed by atoms with van der Waals surface area (Å²) in [6.07, 6.45) is 1.36. The van der Waals surface area contributed by atoms with Crippen LogP contribution >= 0.6 is 11.8 Å². The van der Waals surface area contributed by atoms with E-state index >= 15 is 0 Å². The monoisotopic (exact) mass is 401 g/mol. The third-order valence-corrected chi connectivity index (χ3v) is 4.84. The topological polar surface area (TPSA) is 139 Å². The van der Waals surface area contributed by atoms with Crippen molar-refractivity contribution in [3.8, 4) is 0 Å². The lowest BCUT2D eigenvalue weighted by Gasteiger charge is -2.14. The zero-order valence-corrected chi connectivity index (χ0v) is 15.8. The molecule has 1 rings (SSSR count). The Morgan fingerprint density at radius 2 is 2.07 bits per heavy atom. The maximum absolute atomic E-state index is 12.1. The number of carbonyl (C=O) groups excluding carboxylic acids is 6. The molecule has 1 aliphatic heterocycles. The van der Waals surface area contributed by atoms with Crippen molar-refractivity contribution in [2.24, 2.45) is 0 Å². The van der Waals surface area contributed by atoms with Crippen molar-refractivity contribution < 1.29 is 33.5 Å². The predicted molar refractivity (Wildman–Crippen MR) is 95.8 cm³/mol. The van der Waals surface area contributed by atoms with Crippen molar-refractivity contribution in [1.29, 1.82) is 0 Å². The number of aldehydes is 2. The molecule has 11 heteroatoms.